The predicted octanol–water partition coefficient (Wildman–Crippen LogP) is 3.70. The van der Waals surface area contributed by atoms with Crippen molar-refractivity contribution in [2.75, 3.05) is 0 Å². The molecule has 0 saturated heterocycles. The van der Waals surface area contributed by atoms with Crippen LogP contribution in [0.25, 0.3) is 0 Å². The summed E-state index contributed by atoms with van der Waals surface area (Å²) in [6, 6.07) is 0. The molecule has 0 bridgehead atoms. The molecule has 0 aliphatic rings. The first kappa shape index (κ1) is 11.0. The highest BCUT2D eigenvalue weighted by atomic mass is 13.9. The molecule has 0 heterocycles. The minimum absolute atomic E-state index is 1.03. The van der Waals surface area contributed by atoms with E-state index < -0.39 is 0 Å². The third kappa shape index (κ3) is 4.03. The summed E-state index contributed by atoms with van der Waals surface area (Å²) < 4.78 is 0. The molecule has 0 N–H and O–H groups in total. The van der Waals surface area contributed by atoms with Crippen LogP contribution in [-0.2, 0) is 0 Å². The van der Waals surface area contributed by atoms with E-state index in [4.69, 9.17) is 0 Å². The van der Waals surface area contributed by atoms with E-state index in [0.29, 0.717) is 0 Å². The highest BCUT2D eigenvalue weighted by Gasteiger charge is 1.85. The van der Waals surface area contributed by atoms with Gasteiger partial charge in [0.2, 0.25) is 0 Å². The summed E-state index contributed by atoms with van der Waals surface area (Å²) in [6.07, 6.45) is 6.22. The summed E-state index contributed by atoms with van der Waals surface area (Å²) in [5, 5.41) is 0. The Morgan fingerprint density at radius 1 is 0.917 bits per heavy atom. The van der Waals surface area contributed by atoms with Crippen molar-refractivity contribution in [3.63, 3.8) is 0 Å². The first-order valence-corrected chi connectivity index (χ1v) is 4.60. The van der Waals surface area contributed by atoms with Crippen molar-refractivity contribution in [2.45, 2.75) is 40.5 Å². The summed E-state index contributed by atoms with van der Waals surface area (Å²) in [6.45, 7) is 8.33. The van der Waals surface area contributed by atoms with Crippen LogP contribution in [0.5, 0.6) is 0 Å². The molecule has 0 radical (unpaired) electrons. The molecule has 0 atom stereocenters. The number of allylic oxidation sites excluding steroid dienone is 4. The first-order chi connectivity index (χ1) is 5.78. The van der Waals surface area contributed by atoms with Crippen LogP contribution in [0.1, 0.15) is 40.5 Å². The zero-order valence-corrected chi connectivity index (χ0v) is 8.57. The fourth-order valence-corrected chi connectivity index (χ4v) is 0.890. The van der Waals surface area contributed by atoms with Crippen molar-refractivity contribution in [3.8, 4) is 11.8 Å². The molecule has 0 heteroatoms. The van der Waals surface area contributed by atoms with Crippen LogP contribution < -0.4 is 0 Å². The summed E-state index contributed by atoms with van der Waals surface area (Å²) in [7, 11) is 0. The third-order valence-corrected chi connectivity index (χ3v) is 1.84. The van der Waals surface area contributed by atoms with Gasteiger partial charge in [-0.3, -0.25) is 0 Å². The molecule has 0 saturated carbocycles. The van der Waals surface area contributed by atoms with Gasteiger partial charge in [0, 0.05) is 0 Å². The summed E-state index contributed by atoms with van der Waals surface area (Å²) in [4.78, 5) is 0. The van der Waals surface area contributed by atoms with Gasteiger partial charge < -0.3 is 0 Å². The van der Waals surface area contributed by atoms with E-state index in [-0.39, 0.29) is 0 Å². The fraction of sp³-hybridized carbons (Fsp3) is 0.500. The van der Waals surface area contributed by atoms with E-state index in [1.807, 2.05) is 13.8 Å². The SMILES string of the molecule is CC=C(C#CC(=CC)CC)CC. The van der Waals surface area contributed by atoms with Gasteiger partial charge in [-0.15, -0.1) is 0 Å². The molecule has 0 rings (SSSR count). The first-order valence-electron chi connectivity index (χ1n) is 4.60. The number of rotatable bonds is 2. The van der Waals surface area contributed by atoms with Gasteiger partial charge in [0.05, 0.1) is 0 Å². The van der Waals surface area contributed by atoms with Gasteiger partial charge in [-0.25, -0.2) is 0 Å². The second-order valence-electron chi connectivity index (χ2n) is 2.58. The Morgan fingerprint density at radius 3 is 1.42 bits per heavy atom. The van der Waals surface area contributed by atoms with Crippen LogP contribution in [0.15, 0.2) is 23.3 Å². The van der Waals surface area contributed by atoms with Crippen molar-refractivity contribution < 1.29 is 0 Å². The third-order valence-electron chi connectivity index (χ3n) is 1.84. The molecule has 0 amide bonds. The van der Waals surface area contributed by atoms with Crippen molar-refractivity contribution >= 4 is 0 Å². The lowest BCUT2D eigenvalue weighted by Crippen LogP contribution is -1.76. The van der Waals surface area contributed by atoms with Gasteiger partial charge in [-0.2, -0.15) is 0 Å². The predicted molar refractivity (Wildman–Crippen MR) is 55.9 cm³/mol. The molecule has 0 aromatic carbocycles. The Bertz CT molecular complexity index is 206. The van der Waals surface area contributed by atoms with Crippen molar-refractivity contribution in [2.24, 2.45) is 0 Å². The molecule has 66 valence electrons. The monoisotopic (exact) mass is 162 g/mol. The van der Waals surface area contributed by atoms with E-state index in [1.165, 1.54) is 11.1 Å². The van der Waals surface area contributed by atoms with Crippen molar-refractivity contribution in [1.82, 2.24) is 0 Å². The Balaban J connectivity index is 4.37. The molecule has 12 heavy (non-hydrogen) atoms. The normalized spacial score (nSPS) is 12.3. The zero-order chi connectivity index (χ0) is 9.40. The van der Waals surface area contributed by atoms with Crippen LogP contribution in [0, 0.1) is 11.8 Å². The second kappa shape index (κ2) is 6.73. The largest absolute Gasteiger partial charge is 0.0761 e. The molecule has 0 aliphatic carbocycles. The van der Waals surface area contributed by atoms with Crippen LogP contribution in [0.4, 0.5) is 0 Å². The van der Waals surface area contributed by atoms with Crippen LogP contribution in [-0.4, -0.2) is 0 Å². The summed E-state index contributed by atoms with van der Waals surface area (Å²) in [5.41, 5.74) is 2.45. The van der Waals surface area contributed by atoms with Crippen molar-refractivity contribution in [3.05, 3.63) is 23.3 Å². The highest BCUT2D eigenvalue weighted by Crippen LogP contribution is 2.01. The molecule has 0 nitrogen and oxygen atoms in total. The highest BCUT2D eigenvalue weighted by molar-refractivity contribution is 5.37. The van der Waals surface area contributed by atoms with Gasteiger partial charge in [0.15, 0.2) is 0 Å². The molecular formula is C12H18. The van der Waals surface area contributed by atoms with E-state index in [1.54, 1.807) is 0 Å². The van der Waals surface area contributed by atoms with E-state index in [0.717, 1.165) is 12.8 Å². The van der Waals surface area contributed by atoms with Gasteiger partial charge in [0.25, 0.3) is 0 Å². The zero-order valence-electron chi connectivity index (χ0n) is 8.57. The van der Waals surface area contributed by atoms with Gasteiger partial charge in [0.1, 0.15) is 0 Å². The topological polar surface area (TPSA) is 0 Å². The van der Waals surface area contributed by atoms with E-state index in [9.17, 15) is 0 Å². The Morgan fingerprint density at radius 2 is 1.25 bits per heavy atom. The van der Waals surface area contributed by atoms with Gasteiger partial charge in [-0.05, 0) is 37.8 Å². The molecule has 0 aromatic heterocycles. The Kier molecular flexibility index (Phi) is 6.19. The standard InChI is InChI=1S/C12H18/c1-5-11(6-2)9-10-12(7-3)8-4/h5,7H,6,8H2,1-4H3. The summed E-state index contributed by atoms with van der Waals surface area (Å²) in [5.74, 6) is 6.33. The molecule has 0 aromatic rings. The Hall–Kier alpha value is -0.960. The molecule has 0 spiro atoms. The maximum atomic E-state index is 3.16. The minimum Gasteiger partial charge on any atom is -0.0761 e. The van der Waals surface area contributed by atoms with Crippen LogP contribution in [0.2, 0.25) is 0 Å². The average Bonchev–Trinajstić information content (AvgIpc) is 2.13. The maximum Gasteiger partial charge on any atom is -0.00215 e. The molecular weight excluding hydrogens is 144 g/mol. The average molecular weight is 162 g/mol. The lowest BCUT2D eigenvalue weighted by molar-refractivity contribution is 1.14. The van der Waals surface area contributed by atoms with Crippen molar-refractivity contribution in [1.29, 1.82) is 0 Å². The number of hydrogen-bond acceptors (Lipinski definition) is 0. The fourth-order valence-electron chi connectivity index (χ4n) is 0.890. The van der Waals surface area contributed by atoms with Crippen LogP contribution in [0.3, 0.4) is 0 Å². The van der Waals surface area contributed by atoms with E-state index >= 15 is 0 Å². The molecule has 0 fully saturated rings. The van der Waals surface area contributed by atoms with E-state index in [2.05, 4.69) is 37.8 Å². The van der Waals surface area contributed by atoms with Crippen LogP contribution >= 0.6 is 0 Å². The quantitative estimate of drug-likeness (QED) is 0.543. The lowest BCUT2D eigenvalue weighted by Gasteiger charge is -1.91. The Labute approximate surface area is 76.4 Å². The maximum absolute atomic E-state index is 3.16. The second-order valence-corrected chi connectivity index (χ2v) is 2.58. The molecule has 0 unspecified atom stereocenters. The molecule has 0 aliphatic heterocycles. The van der Waals surface area contributed by atoms with Gasteiger partial charge >= 0.3 is 0 Å². The van der Waals surface area contributed by atoms with Gasteiger partial charge in [-0.1, -0.05) is 37.8 Å². The number of hydrogen-bond donors (Lipinski definition) is 0. The minimum atomic E-state index is 1.03. The lowest BCUT2D eigenvalue weighted by atomic mass is 10.1. The smallest absolute Gasteiger partial charge is 0.00215 e. The summed E-state index contributed by atoms with van der Waals surface area (Å²) >= 11 is 0.